The molecule has 0 fully saturated rings. The highest BCUT2D eigenvalue weighted by atomic mass is 32.2. The zero-order chi connectivity index (χ0) is 16.6. The number of nitrogens with zero attached hydrogens (tertiary/aromatic N) is 3. The number of hydrogen-bond acceptors (Lipinski definition) is 4. The Labute approximate surface area is 133 Å². The summed E-state index contributed by atoms with van der Waals surface area (Å²) in [7, 11) is -2.29. The van der Waals surface area contributed by atoms with Crippen LogP contribution in [0.2, 0.25) is 0 Å². The van der Waals surface area contributed by atoms with Crippen molar-refractivity contribution in [2.75, 3.05) is 0 Å². The average molecular weight is 332 g/mol. The van der Waals surface area contributed by atoms with E-state index in [2.05, 4.69) is 9.82 Å². The summed E-state index contributed by atoms with van der Waals surface area (Å²) in [6.07, 6.45) is 4.37. The number of fused-ring (bicyclic) bond motifs is 1. The van der Waals surface area contributed by atoms with Crippen LogP contribution in [-0.4, -0.2) is 28.7 Å². The van der Waals surface area contributed by atoms with E-state index in [4.69, 9.17) is 0 Å². The van der Waals surface area contributed by atoms with Gasteiger partial charge in [-0.3, -0.25) is 9.48 Å². The molecule has 0 unspecified atom stereocenters. The molecule has 120 valence electrons. The summed E-state index contributed by atoms with van der Waals surface area (Å²) in [5, 5.41) is 4.84. The summed E-state index contributed by atoms with van der Waals surface area (Å²) < 4.78 is 29.4. The summed E-state index contributed by atoms with van der Waals surface area (Å²) in [6, 6.07) is 7.66. The van der Waals surface area contributed by atoms with Crippen molar-refractivity contribution in [1.82, 2.24) is 19.1 Å². The smallest absolute Gasteiger partial charge is 0.267 e. The molecule has 1 N–H and O–H groups in total. The van der Waals surface area contributed by atoms with Gasteiger partial charge in [0.2, 0.25) is 0 Å². The van der Waals surface area contributed by atoms with Crippen LogP contribution in [0, 0.1) is 6.92 Å². The van der Waals surface area contributed by atoms with Crippen molar-refractivity contribution < 1.29 is 13.2 Å². The lowest BCUT2D eigenvalue weighted by Gasteiger charge is -2.07. The second-order valence-electron chi connectivity index (χ2n) is 5.34. The number of amides is 1. The van der Waals surface area contributed by atoms with E-state index in [1.165, 1.54) is 17.1 Å². The summed E-state index contributed by atoms with van der Waals surface area (Å²) in [5.41, 5.74) is 1.92. The first-order valence-electron chi connectivity index (χ1n) is 6.95. The molecule has 2 aromatic heterocycles. The maximum absolute atomic E-state index is 12.1. The highest BCUT2D eigenvalue weighted by Crippen LogP contribution is 2.20. The van der Waals surface area contributed by atoms with E-state index in [0.717, 1.165) is 16.5 Å². The Morgan fingerprint density at radius 2 is 2.00 bits per heavy atom. The number of hydrogen-bond donors (Lipinski definition) is 1. The number of nitrogens with one attached hydrogen (secondary N) is 1. The average Bonchev–Trinajstić information content (AvgIpc) is 3.04. The van der Waals surface area contributed by atoms with Gasteiger partial charge in [0.15, 0.2) is 0 Å². The van der Waals surface area contributed by atoms with E-state index in [-0.39, 0.29) is 11.4 Å². The SMILES string of the molecule is Cc1cn(CC(=O)NS(=O)(=O)c2cnn(C)c2)c2ccccc12. The third-order valence-electron chi connectivity index (χ3n) is 3.54. The molecule has 0 atom stereocenters. The number of benzene rings is 1. The molecule has 0 saturated carbocycles. The van der Waals surface area contributed by atoms with Crippen LogP contribution in [0.25, 0.3) is 10.9 Å². The Morgan fingerprint density at radius 3 is 2.70 bits per heavy atom. The monoisotopic (exact) mass is 332 g/mol. The molecular weight excluding hydrogens is 316 g/mol. The molecular formula is C15H16N4O3S. The van der Waals surface area contributed by atoms with Gasteiger partial charge in [0.25, 0.3) is 15.9 Å². The molecule has 3 aromatic rings. The highest BCUT2D eigenvalue weighted by Gasteiger charge is 2.20. The van der Waals surface area contributed by atoms with Gasteiger partial charge in [0.05, 0.1) is 6.20 Å². The summed E-state index contributed by atoms with van der Waals surface area (Å²) in [6.45, 7) is 1.87. The minimum atomic E-state index is -3.90. The fourth-order valence-electron chi connectivity index (χ4n) is 2.49. The number of carbonyl (C=O) groups is 1. The standard InChI is InChI=1S/C15H16N4O3S/c1-11-8-19(14-6-4-3-5-13(11)14)10-15(20)17-23(21,22)12-7-16-18(2)9-12/h3-9H,10H2,1-2H3,(H,17,20). The first-order chi connectivity index (χ1) is 10.9. The zero-order valence-corrected chi connectivity index (χ0v) is 13.5. The Bertz CT molecular complexity index is 985. The molecule has 1 amide bonds. The minimum absolute atomic E-state index is 0.0399. The Balaban J connectivity index is 1.82. The van der Waals surface area contributed by atoms with Gasteiger partial charge >= 0.3 is 0 Å². The zero-order valence-electron chi connectivity index (χ0n) is 12.7. The third-order valence-corrected chi connectivity index (χ3v) is 4.87. The van der Waals surface area contributed by atoms with Crippen molar-refractivity contribution in [3.63, 3.8) is 0 Å². The molecule has 2 heterocycles. The number of aromatic nitrogens is 3. The number of carbonyl (C=O) groups excluding carboxylic acids is 1. The molecule has 0 aliphatic carbocycles. The van der Waals surface area contributed by atoms with E-state index >= 15 is 0 Å². The van der Waals surface area contributed by atoms with Crippen molar-refractivity contribution in [1.29, 1.82) is 0 Å². The molecule has 0 aliphatic heterocycles. The van der Waals surface area contributed by atoms with Crippen molar-refractivity contribution in [2.24, 2.45) is 7.05 Å². The molecule has 0 spiro atoms. The largest absolute Gasteiger partial charge is 0.338 e. The minimum Gasteiger partial charge on any atom is -0.338 e. The fourth-order valence-corrected chi connectivity index (χ4v) is 3.45. The molecule has 0 saturated heterocycles. The van der Waals surface area contributed by atoms with E-state index in [9.17, 15) is 13.2 Å². The Kier molecular flexibility index (Phi) is 3.69. The van der Waals surface area contributed by atoms with E-state index < -0.39 is 15.9 Å². The van der Waals surface area contributed by atoms with Gasteiger partial charge < -0.3 is 4.57 Å². The van der Waals surface area contributed by atoms with E-state index in [0.29, 0.717) is 0 Å². The Morgan fingerprint density at radius 1 is 1.26 bits per heavy atom. The van der Waals surface area contributed by atoms with Gasteiger partial charge in [-0.1, -0.05) is 18.2 Å². The van der Waals surface area contributed by atoms with Crippen LogP contribution in [0.1, 0.15) is 5.56 Å². The summed E-state index contributed by atoms with van der Waals surface area (Å²) in [4.78, 5) is 12.1. The van der Waals surface area contributed by atoms with Gasteiger partial charge in [-0.2, -0.15) is 5.10 Å². The predicted molar refractivity (Wildman–Crippen MR) is 85.2 cm³/mol. The van der Waals surface area contributed by atoms with Gasteiger partial charge in [-0.15, -0.1) is 0 Å². The first-order valence-corrected chi connectivity index (χ1v) is 8.44. The van der Waals surface area contributed by atoms with Crippen molar-refractivity contribution in [3.05, 3.63) is 48.4 Å². The summed E-state index contributed by atoms with van der Waals surface area (Å²) >= 11 is 0. The third kappa shape index (κ3) is 2.98. The molecule has 7 nitrogen and oxygen atoms in total. The highest BCUT2D eigenvalue weighted by molar-refractivity contribution is 7.90. The maximum atomic E-state index is 12.1. The van der Waals surface area contributed by atoms with Crippen LogP contribution in [0.4, 0.5) is 0 Å². The molecule has 3 rings (SSSR count). The van der Waals surface area contributed by atoms with E-state index in [1.54, 1.807) is 11.6 Å². The lowest BCUT2D eigenvalue weighted by atomic mass is 10.2. The second kappa shape index (κ2) is 5.54. The topological polar surface area (TPSA) is 86.0 Å². The van der Waals surface area contributed by atoms with Crippen LogP contribution in [0.5, 0.6) is 0 Å². The number of sulfonamides is 1. The van der Waals surface area contributed by atoms with Gasteiger partial charge in [0, 0.05) is 30.3 Å². The van der Waals surface area contributed by atoms with Crippen molar-refractivity contribution in [3.8, 4) is 0 Å². The van der Waals surface area contributed by atoms with Crippen LogP contribution < -0.4 is 4.72 Å². The molecule has 1 aromatic carbocycles. The van der Waals surface area contributed by atoms with Crippen LogP contribution in [0.15, 0.2) is 47.8 Å². The van der Waals surface area contributed by atoms with Crippen LogP contribution in [0.3, 0.4) is 0 Å². The number of rotatable bonds is 4. The molecule has 0 aliphatic rings. The molecule has 8 heteroatoms. The van der Waals surface area contributed by atoms with Gasteiger partial charge in [-0.05, 0) is 18.6 Å². The number of para-hydroxylation sites is 1. The second-order valence-corrected chi connectivity index (χ2v) is 7.02. The lowest BCUT2D eigenvalue weighted by Crippen LogP contribution is -2.33. The maximum Gasteiger partial charge on any atom is 0.267 e. The van der Waals surface area contributed by atoms with Gasteiger partial charge in [0.1, 0.15) is 11.4 Å². The van der Waals surface area contributed by atoms with Crippen molar-refractivity contribution in [2.45, 2.75) is 18.4 Å². The fraction of sp³-hybridized carbons (Fsp3) is 0.200. The van der Waals surface area contributed by atoms with Crippen LogP contribution in [-0.2, 0) is 28.4 Å². The lowest BCUT2D eigenvalue weighted by molar-refractivity contribution is -0.119. The molecule has 23 heavy (non-hydrogen) atoms. The summed E-state index contributed by atoms with van der Waals surface area (Å²) in [5.74, 6) is -0.602. The van der Waals surface area contributed by atoms with Crippen LogP contribution >= 0.6 is 0 Å². The Hall–Kier alpha value is -2.61. The first kappa shape index (κ1) is 15.3. The number of aryl methyl sites for hydroxylation is 2. The molecule has 0 bridgehead atoms. The van der Waals surface area contributed by atoms with Gasteiger partial charge in [-0.25, -0.2) is 13.1 Å². The quantitative estimate of drug-likeness (QED) is 0.777. The molecule has 0 radical (unpaired) electrons. The normalized spacial score (nSPS) is 11.7. The van der Waals surface area contributed by atoms with Crippen molar-refractivity contribution >= 4 is 26.8 Å². The predicted octanol–water partition coefficient (Wildman–Crippen LogP) is 1.19. The van der Waals surface area contributed by atoms with E-state index in [1.807, 2.05) is 37.4 Å².